The van der Waals surface area contributed by atoms with E-state index in [4.69, 9.17) is 9.84 Å². The van der Waals surface area contributed by atoms with Crippen LogP contribution in [0.3, 0.4) is 0 Å². The molecule has 1 aliphatic carbocycles. The van der Waals surface area contributed by atoms with E-state index in [1.165, 1.54) is 0 Å². The fourth-order valence-electron chi connectivity index (χ4n) is 2.19. The maximum absolute atomic E-state index is 9.09. The number of halogens is 1. The van der Waals surface area contributed by atoms with E-state index in [0.717, 1.165) is 35.7 Å². The van der Waals surface area contributed by atoms with Crippen LogP contribution < -0.4 is 4.74 Å². The lowest BCUT2D eigenvalue weighted by atomic mass is 9.88. The predicted molar refractivity (Wildman–Crippen MR) is 70.1 cm³/mol. The molecule has 0 radical (unpaired) electrons. The first kappa shape index (κ1) is 12.8. The lowest BCUT2D eigenvalue weighted by Crippen LogP contribution is -2.26. The van der Waals surface area contributed by atoms with Gasteiger partial charge in [-0.05, 0) is 66.1 Å². The third-order valence-electron chi connectivity index (χ3n) is 3.38. The van der Waals surface area contributed by atoms with E-state index < -0.39 is 0 Å². The summed E-state index contributed by atoms with van der Waals surface area (Å²) in [5.74, 6) is 1.15. The predicted octanol–water partition coefficient (Wildman–Crippen LogP) is 3.08. The normalized spacial score (nSPS) is 24.6. The van der Waals surface area contributed by atoms with Crippen molar-refractivity contribution in [2.75, 3.05) is 6.61 Å². The van der Waals surface area contributed by atoms with Crippen molar-refractivity contribution in [2.24, 2.45) is 5.92 Å². The Hall–Kier alpha value is -0.610. The molecule has 0 aliphatic heterocycles. The second-order valence-electron chi connectivity index (χ2n) is 4.69. The Morgan fingerprint density at radius 1 is 1.41 bits per heavy atom. The fourth-order valence-corrected chi connectivity index (χ4v) is 2.52. The Balaban J connectivity index is 1.95. The topological polar surface area (TPSA) is 42.4 Å². The molecule has 1 fully saturated rings. The first-order chi connectivity index (χ1) is 8.20. The van der Waals surface area contributed by atoms with Crippen LogP contribution in [0.5, 0.6) is 5.88 Å². The van der Waals surface area contributed by atoms with Gasteiger partial charge in [0.05, 0.1) is 4.47 Å². The average Bonchev–Trinajstić information content (AvgIpc) is 2.36. The van der Waals surface area contributed by atoms with Crippen molar-refractivity contribution < 1.29 is 9.84 Å². The number of aliphatic hydroxyl groups is 1. The minimum Gasteiger partial charge on any atom is -0.474 e. The highest BCUT2D eigenvalue weighted by molar-refractivity contribution is 9.10. The summed E-state index contributed by atoms with van der Waals surface area (Å²) in [6.07, 6.45) is 6.12. The molecule has 94 valence electrons. The van der Waals surface area contributed by atoms with Crippen molar-refractivity contribution in [3.05, 3.63) is 22.3 Å². The third-order valence-corrected chi connectivity index (χ3v) is 4.35. The van der Waals surface area contributed by atoms with Gasteiger partial charge in [0.15, 0.2) is 0 Å². The number of rotatable bonds is 3. The molecule has 0 saturated heterocycles. The van der Waals surface area contributed by atoms with Gasteiger partial charge in [0.2, 0.25) is 5.88 Å². The Labute approximate surface area is 110 Å². The molecule has 1 saturated carbocycles. The molecule has 0 aromatic carbocycles. The number of pyridine rings is 1. The minimum atomic E-state index is 0.239. The smallest absolute Gasteiger partial charge is 0.228 e. The lowest BCUT2D eigenvalue weighted by molar-refractivity contribution is 0.0998. The van der Waals surface area contributed by atoms with Crippen molar-refractivity contribution in [1.29, 1.82) is 0 Å². The Bertz CT molecular complexity index is 376. The summed E-state index contributed by atoms with van der Waals surface area (Å²) >= 11 is 3.51. The Morgan fingerprint density at radius 2 is 2.12 bits per heavy atom. The minimum absolute atomic E-state index is 0.239. The van der Waals surface area contributed by atoms with Crippen molar-refractivity contribution in [3.63, 3.8) is 0 Å². The van der Waals surface area contributed by atoms with E-state index in [1.807, 2.05) is 13.0 Å². The van der Waals surface area contributed by atoms with Gasteiger partial charge in [-0.1, -0.05) is 0 Å². The molecule has 1 aromatic heterocycles. The molecule has 1 N–H and O–H groups in total. The number of nitrogens with zero attached hydrogens (tertiary/aromatic N) is 1. The van der Waals surface area contributed by atoms with Crippen LogP contribution in [0.2, 0.25) is 0 Å². The summed E-state index contributed by atoms with van der Waals surface area (Å²) in [4.78, 5) is 4.25. The van der Waals surface area contributed by atoms with E-state index in [9.17, 15) is 0 Å². The highest BCUT2D eigenvalue weighted by Crippen LogP contribution is 2.31. The van der Waals surface area contributed by atoms with Gasteiger partial charge in [0.25, 0.3) is 0 Å². The number of ether oxygens (including phenoxy) is 1. The zero-order valence-electron chi connectivity index (χ0n) is 10.0. The van der Waals surface area contributed by atoms with Gasteiger partial charge in [0.1, 0.15) is 6.10 Å². The quantitative estimate of drug-likeness (QED) is 0.933. The van der Waals surface area contributed by atoms with Crippen LogP contribution in [0, 0.1) is 12.8 Å². The maximum Gasteiger partial charge on any atom is 0.228 e. The van der Waals surface area contributed by atoms with Gasteiger partial charge < -0.3 is 9.84 Å². The van der Waals surface area contributed by atoms with Gasteiger partial charge in [-0.3, -0.25) is 0 Å². The molecule has 17 heavy (non-hydrogen) atoms. The zero-order chi connectivity index (χ0) is 12.3. The number of hydrogen-bond donors (Lipinski definition) is 1. The van der Waals surface area contributed by atoms with Crippen LogP contribution in [0.1, 0.15) is 31.2 Å². The van der Waals surface area contributed by atoms with Crippen LogP contribution in [0.4, 0.5) is 0 Å². The molecular weight excluding hydrogens is 282 g/mol. The average molecular weight is 300 g/mol. The van der Waals surface area contributed by atoms with Crippen LogP contribution in [-0.4, -0.2) is 22.8 Å². The molecule has 0 spiro atoms. The summed E-state index contributed by atoms with van der Waals surface area (Å²) < 4.78 is 6.87. The first-order valence-electron chi connectivity index (χ1n) is 6.09. The van der Waals surface area contributed by atoms with E-state index >= 15 is 0 Å². The third kappa shape index (κ3) is 3.19. The number of aryl methyl sites for hydroxylation is 1. The van der Waals surface area contributed by atoms with E-state index in [0.29, 0.717) is 18.4 Å². The highest BCUT2D eigenvalue weighted by atomic mass is 79.9. The molecule has 3 nitrogen and oxygen atoms in total. The highest BCUT2D eigenvalue weighted by Gasteiger charge is 2.22. The second-order valence-corrected chi connectivity index (χ2v) is 5.48. The fraction of sp³-hybridized carbons (Fsp3) is 0.615. The van der Waals surface area contributed by atoms with Crippen LogP contribution in [0.15, 0.2) is 16.7 Å². The number of aliphatic hydroxyl groups excluding tert-OH is 1. The Morgan fingerprint density at radius 3 is 2.76 bits per heavy atom. The first-order valence-corrected chi connectivity index (χ1v) is 6.88. The molecule has 0 unspecified atom stereocenters. The van der Waals surface area contributed by atoms with E-state index in [1.54, 1.807) is 6.20 Å². The second kappa shape index (κ2) is 5.83. The number of hydrogen-bond acceptors (Lipinski definition) is 3. The van der Waals surface area contributed by atoms with Crippen LogP contribution in [-0.2, 0) is 0 Å². The lowest BCUT2D eigenvalue weighted by Gasteiger charge is -2.27. The van der Waals surface area contributed by atoms with Gasteiger partial charge in [-0.25, -0.2) is 4.98 Å². The van der Waals surface area contributed by atoms with Crippen molar-refractivity contribution in [2.45, 2.75) is 38.7 Å². The molecule has 1 heterocycles. The van der Waals surface area contributed by atoms with Gasteiger partial charge >= 0.3 is 0 Å². The molecule has 0 amide bonds. The molecule has 2 rings (SSSR count). The summed E-state index contributed by atoms with van der Waals surface area (Å²) in [5.41, 5.74) is 1.14. The molecule has 0 atom stereocenters. The Kier molecular flexibility index (Phi) is 4.40. The van der Waals surface area contributed by atoms with Gasteiger partial charge in [-0.15, -0.1) is 0 Å². The van der Waals surface area contributed by atoms with Crippen LogP contribution in [0.25, 0.3) is 0 Å². The molecule has 0 bridgehead atoms. The van der Waals surface area contributed by atoms with E-state index in [-0.39, 0.29) is 6.10 Å². The molecule has 1 aromatic rings. The van der Waals surface area contributed by atoms with Gasteiger partial charge in [-0.2, -0.15) is 0 Å². The summed E-state index contributed by atoms with van der Waals surface area (Å²) in [5, 5.41) is 9.09. The van der Waals surface area contributed by atoms with Crippen LogP contribution >= 0.6 is 15.9 Å². The standard InChI is InChI=1S/C13H18BrNO2/c1-9-6-7-15-13(12(9)14)17-11-4-2-10(8-16)3-5-11/h6-7,10-11,16H,2-5,8H2,1H3. The van der Waals surface area contributed by atoms with Crippen molar-refractivity contribution in [1.82, 2.24) is 4.98 Å². The molecule has 4 heteroatoms. The number of aromatic nitrogens is 1. The SMILES string of the molecule is Cc1ccnc(OC2CCC(CO)CC2)c1Br. The largest absolute Gasteiger partial charge is 0.474 e. The summed E-state index contributed by atoms with van der Waals surface area (Å²) in [7, 11) is 0. The zero-order valence-corrected chi connectivity index (χ0v) is 11.6. The van der Waals surface area contributed by atoms with E-state index in [2.05, 4.69) is 20.9 Å². The maximum atomic E-state index is 9.09. The van der Waals surface area contributed by atoms with Gasteiger partial charge in [0, 0.05) is 12.8 Å². The monoisotopic (exact) mass is 299 g/mol. The molecule has 1 aliphatic rings. The molecular formula is C13H18BrNO2. The summed E-state index contributed by atoms with van der Waals surface area (Å²) in [6.45, 7) is 2.33. The summed E-state index contributed by atoms with van der Waals surface area (Å²) in [6, 6.07) is 1.96. The van der Waals surface area contributed by atoms with Crippen molar-refractivity contribution >= 4 is 15.9 Å². The van der Waals surface area contributed by atoms with Crippen molar-refractivity contribution in [3.8, 4) is 5.88 Å².